The molecule has 5 nitrogen and oxygen atoms in total. The molecule has 0 amide bonds. The second-order valence-electron chi connectivity index (χ2n) is 4.14. The number of aromatic nitrogens is 3. The molecule has 2 aromatic rings. The lowest BCUT2D eigenvalue weighted by Gasteiger charge is -2.08. The van der Waals surface area contributed by atoms with E-state index in [0.29, 0.717) is 16.5 Å². The summed E-state index contributed by atoms with van der Waals surface area (Å²) >= 11 is 5.78. The average molecular weight is 266 g/mol. The van der Waals surface area contributed by atoms with E-state index in [1.54, 1.807) is 12.3 Å². The molecule has 0 saturated carbocycles. The Morgan fingerprint density at radius 2 is 2.28 bits per heavy atom. The number of H-pyrrole nitrogens is 1. The number of aromatic amines is 1. The van der Waals surface area contributed by atoms with Crippen LogP contribution in [0.1, 0.15) is 17.7 Å². The van der Waals surface area contributed by atoms with E-state index in [0.717, 1.165) is 25.1 Å². The molecule has 2 heterocycles. The second-order valence-corrected chi connectivity index (χ2v) is 4.58. The average Bonchev–Trinajstić information content (AvgIpc) is 2.73. The maximum Gasteiger partial charge on any atom is 0.149 e. The third kappa shape index (κ3) is 3.13. The number of hydrogen-bond donors (Lipinski definition) is 3. The van der Waals surface area contributed by atoms with Crippen molar-refractivity contribution >= 4 is 23.1 Å². The minimum Gasteiger partial charge on any atom is -0.396 e. The molecule has 96 valence electrons. The first-order valence-electron chi connectivity index (χ1n) is 5.80. The van der Waals surface area contributed by atoms with Crippen LogP contribution in [0.25, 0.3) is 0 Å². The van der Waals surface area contributed by atoms with Crippen LogP contribution in [0, 0.1) is 6.92 Å². The van der Waals surface area contributed by atoms with Crippen molar-refractivity contribution in [2.75, 3.05) is 17.6 Å². The Balaban J connectivity index is 1.80. The minimum atomic E-state index is 0.548. The van der Waals surface area contributed by atoms with Crippen molar-refractivity contribution in [3.05, 3.63) is 34.7 Å². The molecule has 0 spiro atoms. The summed E-state index contributed by atoms with van der Waals surface area (Å²) in [4.78, 5) is 4.14. The highest BCUT2D eigenvalue weighted by Crippen LogP contribution is 2.19. The normalized spacial score (nSPS) is 10.6. The van der Waals surface area contributed by atoms with Crippen molar-refractivity contribution in [3.63, 3.8) is 0 Å². The third-order valence-electron chi connectivity index (χ3n) is 2.73. The molecule has 4 N–H and O–H groups in total. The topological polar surface area (TPSA) is 79.6 Å². The van der Waals surface area contributed by atoms with Crippen LogP contribution in [0.4, 0.5) is 11.5 Å². The summed E-state index contributed by atoms with van der Waals surface area (Å²) in [6.45, 7) is 2.83. The highest BCUT2D eigenvalue weighted by atomic mass is 35.5. The molecule has 0 fully saturated rings. The number of nitrogens with two attached hydrogens (primary N) is 1. The SMILES string of the molecule is Cc1[nH]ncc1CCCNc1ncc(Cl)cc1N. The predicted octanol–water partition coefficient (Wildman–Crippen LogP) is 2.39. The molecular formula is C12H16ClN5. The van der Waals surface area contributed by atoms with Gasteiger partial charge in [0.1, 0.15) is 5.82 Å². The van der Waals surface area contributed by atoms with Crippen LogP contribution in [0.3, 0.4) is 0 Å². The molecule has 0 bridgehead atoms. The number of rotatable bonds is 5. The number of hydrogen-bond acceptors (Lipinski definition) is 4. The smallest absolute Gasteiger partial charge is 0.149 e. The fraction of sp³-hybridized carbons (Fsp3) is 0.333. The van der Waals surface area contributed by atoms with E-state index in [1.807, 2.05) is 13.1 Å². The molecule has 6 heteroatoms. The van der Waals surface area contributed by atoms with Crippen LogP contribution in [-0.2, 0) is 6.42 Å². The molecule has 0 unspecified atom stereocenters. The first-order chi connectivity index (χ1) is 8.66. The van der Waals surface area contributed by atoms with Gasteiger partial charge in [-0.25, -0.2) is 4.98 Å². The van der Waals surface area contributed by atoms with Gasteiger partial charge in [0, 0.05) is 18.4 Å². The lowest BCUT2D eigenvalue weighted by molar-refractivity contribution is 0.854. The largest absolute Gasteiger partial charge is 0.396 e. The number of nitrogen functional groups attached to an aromatic ring is 1. The maximum atomic E-state index is 5.80. The van der Waals surface area contributed by atoms with Gasteiger partial charge in [0.15, 0.2) is 0 Å². The van der Waals surface area contributed by atoms with Gasteiger partial charge in [-0.1, -0.05) is 11.6 Å². The quantitative estimate of drug-likeness (QED) is 0.725. The zero-order valence-corrected chi connectivity index (χ0v) is 11.0. The molecule has 0 aromatic carbocycles. The second kappa shape index (κ2) is 5.73. The molecule has 0 saturated heterocycles. The van der Waals surface area contributed by atoms with E-state index in [4.69, 9.17) is 17.3 Å². The molecule has 2 rings (SSSR count). The van der Waals surface area contributed by atoms with Gasteiger partial charge in [-0.05, 0) is 31.4 Å². The summed E-state index contributed by atoms with van der Waals surface area (Å²) in [5.41, 5.74) is 8.74. The molecule has 0 aliphatic rings. The number of nitrogens with one attached hydrogen (secondary N) is 2. The monoisotopic (exact) mass is 265 g/mol. The predicted molar refractivity (Wildman–Crippen MR) is 73.8 cm³/mol. The van der Waals surface area contributed by atoms with Crippen molar-refractivity contribution < 1.29 is 0 Å². The number of nitrogens with zero attached hydrogens (tertiary/aromatic N) is 2. The van der Waals surface area contributed by atoms with Crippen LogP contribution in [0.5, 0.6) is 0 Å². The van der Waals surface area contributed by atoms with E-state index >= 15 is 0 Å². The van der Waals surface area contributed by atoms with E-state index in [-0.39, 0.29) is 0 Å². The standard InChI is InChI=1S/C12H16ClN5/c1-8-9(6-17-18-8)3-2-4-15-12-11(14)5-10(13)7-16-12/h5-7H,2-4,14H2,1H3,(H,15,16)(H,17,18). The minimum absolute atomic E-state index is 0.548. The van der Waals surface area contributed by atoms with Gasteiger partial charge >= 0.3 is 0 Å². The van der Waals surface area contributed by atoms with Crippen molar-refractivity contribution in [1.29, 1.82) is 0 Å². The zero-order chi connectivity index (χ0) is 13.0. The number of halogens is 1. The van der Waals surface area contributed by atoms with Gasteiger partial charge in [0.2, 0.25) is 0 Å². The highest BCUT2D eigenvalue weighted by molar-refractivity contribution is 6.30. The Labute approximate surface area is 111 Å². The van der Waals surface area contributed by atoms with Crippen LogP contribution in [0.2, 0.25) is 5.02 Å². The van der Waals surface area contributed by atoms with Gasteiger partial charge in [0.05, 0.1) is 16.9 Å². The van der Waals surface area contributed by atoms with Crippen LogP contribution in [0.15, 0.2) is 18.5 Å². The summed E-state index contributed by atoms with van der Waals surface area (Å²) in [6.07, 6.45) is 5.41. The maximum absolute atomic E-state index is 5.80. The molecule has 0 radical (unpaired) electrons. The van der Waals surface area contributed by atoms with Gasteiger partial charge in [-0.2, -0.15) is 5.10 Å². The van der Waals surface area contributed by atoms with Crippen molar-refractivity contribution in [2.45, 2.75) is 19.8 Å². The Hall–Kier alpha value is -1.75. The lowest BCUT2D eigenvalue weighted by atomic mass is 10.1. The first-order valence-corrected chi connectivity index (χ1v) is 6.18. The van der Waals surface area contributed by atoms with E-state index in [1.165, 1.54) is 5.56 Å². The Morgan fingerprint density at radius 1 is 1.44 bits per heavy atom. The number of aryl methyl sites for hydroxylation is 2. The summed E-state index contributed by atoms with van der Waals surface area (Å²) in [5.74, 6) is 0.684. The van der Waals surface area contributed by atoms with E-state index < -0.39 is 0 Å². The number of anilines is 2. The third-order valence-corrected chi connectivity index (χ3v) is 2.94. The van der Waals surface area contributed by atoms with Crippen LogP contribution < -0.4 is 11.1 Å². The van der Waals surface area contributed by atoms with Gasteiger partial charge < -0.3 is 11.1 Å². The lowest BCUT2D eigenvalue weighted by Crippen LogP contribution is -2.07. The Morgan fingerprint density at radius 3 is 2.94 bits per heavy atom. The van der Waals surface area contributed by atoms with Gasteiger partial charge in [0.25, 0.3) is 0 Å². The fourth-order valence-corrected chi connectivity index (χ4v) is 1.88. The number of pyridine rings is 1. The van der Waals surface area contributed by atoms with E-state index in [9.17, 15) is 0 Å². The molecule has 0 aliphatic carbocycles. The summed E-state index contributed by atoms with van der Waals surface area (Å²) in [5, 5.41) is 10.7. The molecule has 0 atom stereocenters. The molecular weight excluding hydrogens is 250 g/mol. The van der Waals surface area contributed by atoms with Crippen LogP contribution >= 0.6 is 11.6 Å². The Bertz CT molecular complexity index is 523. The summed E-state index contributed by atoms with van der Waals surface area (Å²) in [7, 11) is 0. The molecule has 18 heavy (non-hydrogen) atoms. The van der Waals surface area contributed by atoms with Crippen molar-refractivity contribution in [3.8, 4) is 0 Å². The highest BCUT2D eigenvalue weighted by Gasteiger charge is 2.02. The zero-order valence-electron chi connectivity index (χ0n) is 10.2. The van der Waals surface area contributed by atoms with Crippen molar-refractivity contribution in [2.24, 2.45) is 0 Å². The van der Waals surface area contributed by atoms with Gasteiger partial charge in [-0.15, -0.1) is 0 Å². The van der Waals surface area contributed by atoms with Crippen LogP contribution in [-0.4, -0.2) is 21.7 Å². The summed E-state index contributed by atoms with van der Waals surface area (Å²) < 4.78 is 0. The fourth-order valence-electron chi connectivity index (χ4n) is 1.72. The Kier molecular flexibility index (Phi) is 4.04. The summed E-state index contributed by atoms with van der Waals surface area (Å²) in [6, 6.07) is 1.69. The molecule has 2 aromatic heterocycles. The van der Waals surface area contributed by atoms with Crippen molar-refractivity contribution in [1.82, 2.24) is 15.2 Å². The first kappa shape index (κ1) is 12.7. The van der Waals surface area contributed by atoms with Gasteiger partial charge in [-0.3, -0.25) is 5.10 Å². The van der Waals surface area contributed by atoms with E-state index in [2.05, 4.69) is 20.5 Å². The molecule has 0 aliphatic heterocycles.